The fourth-order valence-corrected chi connectivity index (χ4v) is 4.56. The highest BCUT2D eigenvalue weighted by molar-refractivity contribution is 6.32. The molecule has 176 valence electrons. The third-order valence-electron chi connectivity index (χ3n) is 6.38. The number of fused-ring (bicyclic) bond motifs is 1. The molecule has 4 aromatic heterocycles. The summed E-state index contributed by atoms with van der Waals surface area (Å²) in [6.07, 6.45) is 7.50. The van der Waals surface area contributed by atoms with E-state index in [0.717, 1.165) is 48.9 Å². The number of nitrogens with one attached hydrogen (secondary N) is 2. The first-order valence-corrected chi connectivity index (χ1v) is 11.9. The second-order valence-corrected chi connectivity index (χ2v) is 9.16. The van der Waals surface area contributed by atoms with Crippen LogP contribution in [0.15, 0.2) is 42.9 Å². The molecule has 1 aliphatic rings. The molecule has 4 aromatic rings. The van der Waals surface area contributed by atoms with Crippen molar-refractivity contribution in [1.29, 1.82) is 0 Å². The van der Waals surface area contributed by atoms with Gasteiger partial charge in [0.05, 0.1) is 6.20 Å². The van der Waals surface area contributed by atoms with Gasteiger partial charge in [-0.3, -0.25) is 4.40 Å². The Kier molecular flexibility index (Phi) is 6.19. The SMILES string of the molecule is CCC1CN(c2ccc(C)cn2)CCC1Nc1nc(Nc2ccn3c(C)nnc3c2)ncc1Cl. The van der Waals surface area contributed by atoms with Gasteiger partial charge in [0.25, 0.3) is 0 Å². The molecule has 0 radical (unpaired) electrons. The minimum atomic E-state index is 0.266. The number of anilines is 4. The van der Waals surface area contributed by atoms with Crippen LogP contribution in [0.5, 0.6) is 0 Å². The van der Waals surface area contributed by atoms with E-state index in [2.05, 4.69) is 66.7 Å². The summed E-state index contributed by atoms with van der Waals surface area (Å²) in [4.78, 5) is 16.0. The van der Waals surface area contributed by atoms with E-state index in [1.54, 1.807) is 6.20 Å². The van der Waals surface area contributed by atoms with E-state index < -0.39 is 0 Å². The lowest BCUT2D eigenvalue weighted by molar-refractivity contribution is 0.365. The van der Waals surface area contributed by atoms with Gasteiger partial charge in [-0.25, -0.2) is 9.97 Å². The summed E-state index contributed by atoms with van der Waals surface area (Å²) in [5.41, 5.74) is 2.76. The molecule has 5 heterocycles. The maximum atomic E-state index is 6.47. The molecule has 2 atom stereocenters. The van der Waals surface area contributed by atoms with Crippen molar-refractivity contribution in [3.63, 3.8) is 0 Å². The number of halogens is 1. The number of aromatic nitrogens is 6. The predicted octanol–water partition coefficient (Wildman–Crippen LogP) is 4.65. The third-order valence-corrected chi connectivity index (χ3v) is 6.66. The molecule has 0 saturated carbocycles. The van der Waals surface area contributed by atoms with Crippen molar-refractivity contribution in [3.8, 4) is 0 Å². The van der Waals surface area contributed by atoms with Crippen LogP contribution in [0.1, 0.15) is 31.2 Å². The molecule has 5 rings (SSSR count). The van der Waals surface area contributed by atoms with Crippen LogP contribution in [-0.4, -0.2) is 48.7 Å². The van der Waals surface area contributed by atoms with Crippen LogP contribution >= 0.6 is 11.6 Å². The minimum Gasteiger partial charge on any atom is -0.366 e. The maximum absolute atomic E-state index is 6.47. The molecule has 2 unspecified atom stereocenters. The van der Waals surface area contributed by atoms with Gasteiger partial charge < -0.3 is 15.5 Å². The van der Waals surface area contributed by atoms with Crippen molar-refractivity contribution in [2.75, 3.05) is 28.6 Å². The number of hydrogen-bond acceptors (Lipinski definition) is 8. The molecule has 0 aliphatic carbocycles. The van der Waals surface area contributed by atoms with Crippen LogP contribution < -0.4 is 15.5 Å². The third kappa shape index (κ3) is 4.61. The smallest absolute Gasteiger partial charge is 0.229 e. The first kappa shape index (κ1) is 22.3. The van der Waals surface area contributed by atoms with Crippen LogP contribution in [0, 0.1) is 19.8 Å². The lowest BCUT2D eigenvalue weighted by atomic mass is 9.90. The molecule has 0 spiro atoms. The molecule has 0 amide bonds. The molecular weight excluding hydrogens is 450 g/mol. The molecule has 0 aromatic carbocycles. The lowest BCUT2D eigenvalue weighted by Gasteiger charge is -2.39. The summed E-state index contributed by atoms with van der Waals surface area (Å²) in [5.74, 6) is 3.43. The summed E-state index contributed by atoms with van der Waals surface area (Å²) in [6.45, 7) is 8.07. The number of piperidine rings is 1. The summed E-state index contributed by atoms with van der Waals surface area (Å²) >= 11 is 6.47. The standard InChI is InChI=1S/C24H28ClN9/c1-4-17-14-33(21-6-5-15(2)12-26-21)9-8-20(17)29-23-19(25)13-27-24(30-23)28-18-7-10-34-16(3)31-32-22(34)11-18/h5-7,10-13,17,20H,4,8-9,14H2,1-3H3,(H2,27,28,29,30). The second kappa shape index (κ2) is 9.42. The normalized spacial score (nSPS) is 18.3. The fraction of sp³-hybridized carbons (Fsp3) is 0.375. The number of hydrogen-bond donors (Lipinski definition) is 2. The average Bonchev–Trinajstić information content (AvgIpc) is 3.22. The number of rotatable bonds is 6. The zero-order valence-corrected chi connectivity index (χ0v) is 20.3. The summed E-state index contributed by atoms with van der Waals surface area (Å²) in [6, 6.07) is 8.34. The Balaban J connectivity index is 1.29. The minimum absolute atomic E-state index is 0.266. The Morgan fingerprint density at radius 2 is 2.00 bits per heavy atom. The van der Waals surface area contributed by atoms with Crippen LogP contribution in [0.25, 0.3) is 5.65 Å². The first-order chi connectivity index (χ1) is 16.5. The Hall–Kier alpha value is -3.46. The predicted molar refractivity (Wildman–Crippen MR) is 135 cm³/mol. The maximum Gasteiger partial charge on any atom is 0.229 e. The molecule has 1 aliphatic heterocycles. The van der Waals surface area contributed by atoms with Crippen molar-refractivity contribution in [2.24, 2.45) is 5.92 Å². The molecule has 1 fully saturated rings. The van der Waals surface area contributed by atoms with Crippen molar-refractivity contribution >= 4 is 40.5 Å². The molecule has 34 heavy (non-hydrogen) atoms. The van der Waals surface area contributed by atoms with E-state index in [4.69, 9.17) is 11.6 Å². The van der Waals surface area contributed by atoms with Gasteiger partial charge in [0, 0.05) is 43.3 Å². The van der Waals surface area contributed by atoms with Gasteiger partial charge >= 0.3 is 0 Å². The number of aryl methyl sites for hydroxylation is 2. The Morgan fingerprint density at radius 1 is 1.12 bits per heavy atom. The van der Waals surface area contributed by atoms with Crippen LogP contribution in [-0.2, 0) is 0 Å². The van der Waals surface area contributed by atoms with Gasteiger partial charge in [-0.1, -0.05) is 24.6 Å². The van der Waals surface area contributed by atoms with Gasteiger partial charge in [0.2, 0.25) is 5.95 Å². The van der Waals surface area contributed by atoms with Crippen LogP contribution in [0.2, 0.25) is 5.02 Å². The topological polar surface area (TPSA) is 96.2 Å². The Labute approximate surface area is 203 Å². The molecule has 0 bridgehead atoms. The van der Waals surface area contributed by atoms with Gasteiger partial charge in [0.15, 0.2) is 11.5 Å². The van der Waals surface area contributed by atoms with Gasteiger partial charge in [-0.2, -0.15) is 4.98 Å². The lowest BCUT2D eigenvalue weighted by Crippen LogP contribution is -2.46. The highest BCUT2D eigenvalue weighted by Gasteiger charge is 2.29. The largest absolute Gasteiger partial charge is 0.366 e. The zero-order valence-electron chi connectivity index (χ0n) is 19.5. The molecular formula is C24H28ClN9. The Bertz CT molecular complexity index is 1290. The van der Waals surface area contributed by atoms with Crippen molar-refractivity contribution in [1.82, 2.24) is 29.5 Å². The van der Waals surface area contributed by atoms with Crippen molar-refractivity contribution in [3.05, 3.63) is 59.3 Å². The van der Waals surface area contributed by atoms with E-state index in [9.17, 15) is 0 Å². The number of pyridine rings is 2. The average molecular weight is 478 g/mol. The van der Waals surface area contributed by atoms with E-state index in [0.29, 0.717) is 22.7 Å². The molecule has 10 heteroatoms. The fourth-order valence-electron chi connectivity index (χ4n) is 4.41. The van der Waals surface area contributed by atoms with E-state index in [1.165, 1.54) is 5.56 Å². The van der Waals surface area contributed by atoms with Crippen LogP contribution in [0.4, 0.5) is 23.3 Å². The highest BCUT2D eigenvalue weighted by Crippen LogP contribution is 2.29. The van der Waals surface area contributed by atoms with Crippen molar-refractivity contribution < 1.29 is 0 Å². The number of nitrogens with zero attached hydrogens (tertiary/aromatic N) is 7. The van der Waals surface area contributed by atoms with Gasteiger partial charge in [0.1, 0.15) is 16.7 Å². The highest BCUT2D eigenvalue weighted by atomic mass is 35.5. The van der Waals surface area contributed by atoms with E-state index in [1.807, 2.05) is 35.9 Å². The monoisotopic (exact) mass is 477 g/mol. The van der Waals surface area contributed by atoms with E-state index in [-0.39, 0.29) is 6.04 Å². The van der Waals surface area contributed by atoms with Crippen LogP contribution in [0.3, 0.4) is 0 Å². The summed E-state index contributed by atoms with van der Waals surface area (Å²) in [5, 5.41) is 15.6. The molecule has 2 N–H and O–H groups in total. The summed E-state index contributed by atoms with van der Waals surface area (Å²) < 4.78 is 1.92. The zero-order chi connectivity index (χ0) is 23.7. The first-order valence-electron chi connectivity index (χ1n) is 11.5. The van der Waals surface area contributed by atoms with Gasteiger partial charge in [-0.05, 0) is 50.3 Å². The molecule has 9 nitrogen and oxygen atoms in total. The summed E-state index contributed by atoms with van der Waals surface area (Å²) in [7, 11) is 0. The Morgan fingerprint density at radius 3 is 2.79 bits per heavy atom. The van der Waals surface area contributed by atoms with Crippen molar-refractivity contribution in [2.45, 2.75) is 39.7 Å². The van der Waals surface area contributed by atoms with E-state index >= 15 is 0 Å². The second-order valence-electron chi connectivity index (χ2n) is 8.75. The quantitative estimate of drug-likeness (QED) is 0.414. The molecule has 1 saturated heterocycles. The van der Waals surface area contributed by atoms with Gasteiger partial charge in [-0.15, -0.1) is 10.2 Å².